The van der Waals surface area contributed by atoms with Gasteiger partial charge in [-0.25, -0.2) is 0 Å². The van der Waals surface area contributed by atoms with Gasteiger partial charge in [0, 0.05) is 5.56 Å². The third-order valence-electron chi connectivity index (χ3n) is 2.01. The highest BCUT2D eigenvalue weighted by molar-refractivity contribution is 7.59. The Morgan fingerprint density at radius 1 is 0.692 bits per heavy atom. The molecule has 0 atom stereocenters. The van der Waals surface area contributed by atoms with Gasteiger partial charge in [-0.1, -0.05) is 42.5 Å². The van der Waals surface area contributed by atoms with E-state index in [4.69, 9.17) is 0 Å². The van der Waals surface area contributed by atoms with Crippen LogP contribution in [-0.4, -0.2) is 0 Å². The number of hydrogen-bond acceptors (Lipinski definition) is 0. The second kappa shape index (κ2) is 3.67. The summed E-state index contributed by atoms with van der Waals surface area (Å²) in [6.45, 7) is 0. The topological polar surface area (TPSA) is 0 Å². The lowest BCUT2D eigenvalue weighted by Gasteiger charge is -1.99. The summed E-state index contributed by atoms with van der Waals surface area (Å²) in [6.07, 6.45) is 0. The monoisotopic (exact) mass is 187 g/mol. The average molecular weight is 187 g/mol. The zero-order valence-corrected chi connectivity index (χ0v) is 8.20. The van der Waals surface area contributed by atoms with E-state index in [0.717, 1.165) is 4.90 Å². The van der Waals surface area contributed by atoms with E-state index in [-0.39, 0.29) is 0 Å². The van der Waals surface area contributed by atoms with Gasteiger partial charge in [0.2, 0.25) is 0 Å². The van der Waals surface area contributed by atoms with Crippen molar-refractivity contribution in [1.82, 2.24) is 0 Å². The Morgan fingerprint density at radius 2 is 1.31 bits per heavy atom. The van der Waals surface area contributed by atoms with Gasteiger partial charge < -0.3 is 0 Å². The Balaban J connectivity index is 2.54. The summed E-state index contributed by atoms with van der Waals surface area (Å²) in [5.41, 5.74) is 2.48. The summed E-state index contributed by atoms with van der Waals surface area (Å²) in [7, 11) is 0. The summed E-state index contributed by atoms with van der Waals surface area (Å²) >= 11 is 3.58. The predicted octanol–water partition coefficient (Wildman–Crippen LogP) is 2.72. The molecule has 2 aromatic carbocycles. The molecule has 2 rings (SSSR count). The lowest BCUT2D eigenvalue weighted by molar-refractivity contribution is 1.45. The number of benzene rings is 2. The molecule has 13 heavy (non-hydrogen) atoms. The van der Waals surface area contributed by atoms with Crippen LogP contribution >= 0.6 is 0 Å². The van der Waals surface area contributed by atoms with E-state index in [9.17, 15) is 0 Å². The standard InChI is InChI=1S/C12H10S/c13-12-9-5-4-8-11(12)10-6-2-1-3-7-10/h1-9,13H/p+1. The largest absolute Gasteiger partial charge is 0.158 e. The van der Waals surface area contributed by atoms with Gasteiger partial charge in [-0.05, 0) is 30.3 Å². The van der Waals surface area contributed by atoms with Crippen LogP contribution in [0.1, 0.15) is 0 Å². The smallest absolute Gasteiger partial charge is 0.0622 e. The summed E-state index contributed by atoms with van der Waals surface area (Å²) in [5.74, 6) is 0. The molecule has 2 aromatic rings. The second-order valence-corrected chi connectivity index (χ2v) is 3.45. The van der Waals surface area contributed by atoms with E-state index in [2.05, 4.69) is 36.9 Å². The second-order valence-electron chi connectivity index (χ2n) is 2.91. The molecule has 1 heteroatoms. The third-order valence-corrected chi connectivity index (χ3v) is 2.45. The van der Waals surface area contributed by atoms with Crippen LogP contribution in [0, 0.1) is 0 Å². The molecule has 0 amide bonds. The van der Waals surface area contributed by atoms with Crippen molar-refractivity contribution in [3.63, 3.8) is 0 Å². The zero-order valence-electron chi connectivity index (χ0n) is 7.20. The van der Waals surface area contributed by atoms with Gasteiger partial charge in [0.25, 0.3) is 0 Å². The fourth-order valence-electron chi connectivity index (χ4n) is 1.35. The zero-order chi connectivity index (χ0) is 9.10. The lowest BCUT2D eigenvalue weighted by atomic mass is 10.1. The number of rotatable bonds is 1. The Bertz CT molecular complexity index is 393. The first-order valence-electron chi connectivity index (χ1n) is 4.24. The van der Waals surface area contributed by atoms with E-state index in [1.807, 2.05) is 30.3 Å². The molecule has 0 saturated carbocycles. The minimum Gasteiger partial charge on any atom is -0.0622 e. The maximum Gasteiger partial charge on any atom is 0.158 e. The molecule has 0 aliphatic rings. The highest BCUT2D eigenvalue weighted by atomic mass is 32.1. The molecule has 0 aliphatic carbocycles. The van der Waals surface area contributed by atoms with Crippen molar-refractivity contribution < 1.29 is 0 Å². The summed E-state index contributed by atoms with van der Waals surface area (Å²) < 4.78 is 0. The average Bonchev–Trinajstić information content (AvgIpc) is 2.20. The van der Waals surface area contributed by atoms with Crippen molar-refractivity contribution in [3.8, 4) is 11.1 Å². The lowest BCUT2D eigenvalue weighted by Crippen LogP contribution is -1.80. The van der Waals surface area contributed by atoms with E-state index in [0.29, 0.717) is 0 Å². The van der Waals surface area contributed by atoms with Gasteiger partial charge in [0.15, 0.2) is 4.90 Å². The highest BCUT2D eigenvalue weighted by Gasteiger charge is 2.03. The minimum atomic E-state index is 1.13. The van der Waals surface area contributed by atoms with Gasteiger partial charge in [-0.2, -0.15) is 0 Å². The van der Waals surface area contributed by atoms with Crippen molar-refractivity contribution in [2.24, 2.45) is 0 Å². The molecule has 0 spiro atoms. The molecule has 64 valence electrons. The van der Waals surface area contributed by atoms with Crippen molar-refractivity contribution >= 4 is 12.6 Å². The van der Waals surface area contributed by atoms with Crippen LogP contribution in [0.25, 0.3) is 11.1 Å². The molecule has 0 bridgehead atoms. The molecule has 0 unspecified atom stereocenters. The Hall–Kier alpha value is -1.21. The molecule has 0 heterocycles. The van der Waals surface area contributed by atoms with Crippen LogP contribution < -0.4 is 0 Å². The SMILES string of the molecule is [SH2+]c1ccccc1-c1ccccc1. The van der Waals surface area contributed by atoms with Crippen LogP contribution in [0.5, 0.6) is 0 Å². The molecule has 0 N–H and O–H groups in total. The normalized spacial score (nSPS) is 9.92. The Labute approximate surface area is 83.6 Å². The van der Waals surface area contributed by atoms with Crippen LogP contribution in [0.4, 0.5) is 0 Å². The van der Waals surface area contributed by atoms with Crippen LogP contribution in [-0.2, 0) is 12.6 Å². The first-order valence-corrected chi connectivity index (χ1v) is 4.74. The highest BCUT2D eigenvalue weighted by Crippen LogP contribution is 2.22. The molecular weight excluding hydrogens is 176 g/mol. The van der Waals surface area contributed by atoms with E-state index in [1.165, 1.54) is 11.1 Å². The van der Waals surface area contributed by atoms with Gasteiger partial charge in [-0.3, -0.25) is 0 Å². The summed E-state index contributed by atoms with van der Waals surface area (Å²) in [5, 5.41) is 0. The van der Waals surface area contributed by atoms with Crippen molar-refractivity contribution in [3.05, 3.63) is 54.6 Å². The quantitative estimate of drug-likeness (QED) is 0.602. The summed E-state index contributed by atoms with van der Waals surface area (Å²) in [6, 6.07) is 18.6. The fourth-order valence-corrected chi connectivity index (χ4v) is 1.68. The third kappa shape index (κ3) is 1.76. The van der Waals surface area contributed by atoms with E-state index < -0.39 is 0 Å². The predicted molar refractivity (Wildman–Crippen MR) is 60.3 cm³/mol. The van der Waals surface area contributed by atoms with Crippen LogP contribution in [0.2, 0.25) is 0 Å². The molecule has 0 nitrogen and oxygen atoms in total. The molecule has 0 aromatic heterocycles. The Morgan fingerprint density at radius 3 is 2.00 bits per heavy atom. The molecule has 0 saturated heterocycles. The van der Waals surface area contributed by atoms with E-state index >= 15 is 0 Å². The first-order chi connectivity index (χ1) is 6.38. The van der Waals surface area contributed by atoms with Crippen LogP contribution in [0.3, 0.4) is 0 Å². The molecular formula is C12H11S+. The maximum absolute atomic E-state index is 3.58. The molecule has 0 fully saturated rings. The fraction of sp³-hybridized carbons (Fsp3) is 0. The van der Waals surface area contributed by atoms with E-state index in [1.54, 1.807) is 0 Å². The van der Waals surface area contributed by atoms with Gasteiger partial charge in [-0.15, -0.1) is 0 Å². The van der Waals surface area contributed by atoms with Gasteiger partial charge in [0.1, 0.15) is 0 Å². The van der Waals surface area contributed by atoms with Crippen LogP contribution in [0.15, 0.2) is 59.5 Å². The first kappa shape index (κ1) is 8.39. The molecule has 0 radical (unpaired) electrons. The number of hydrogen-bond donors (Lipinski definition) is 0. The van der Waals surface area contributed by atoms with Crippen molar-refractivity contribution in [2.75, 3.05) is 0 Å². The minimum absolute atomic E-state index is 1.13. The van der Waals surface area contributed by atoms with Crippen molar-refractivity contribution in [1.29, 1.82) is 0 Å². The van der Waals surface area contributed by atoms with Crippen molar-refractivity contribution in [2.45, 2.75) is 4.90 Å². The Kier molecular flexibility index (Phi) is 2.37. The maximum atomic E-state index is 3.58. The summed E-state index contributed by atoms with van der Waals surface area (Å²) in [4.78, 5) is 1.13. The van der Waals surface area contributed by atoms with Gasteiger partial charge >= 0.3 is 0 Å². The van der Waals surface area contributed by atoms with Gasteiger partial charge in [0.05, 0.1) is 0 Å². The molecule has 0 aliphatic heterocycles.